The van der Waals surface area contributed by atoms with Crippen molar-refractivity contribution in [2.24, 2.45) is 5.92 Å². The summed E-state index contributed by atoms with van der Waals surface area (Å²) in [7, 11) is 1.72. The summed E-state index contributed by atoms with van der Waals surface area (Å²) in [5, 5.41) is 0. The van der Waals surface area contributed by atoms with Gasteiger partial charge in [-0.25, -0.2) is 0 Å². The number of rotatable bonds is 4. The lowest BCUT2D eigenvalue weighted by atomic mass is 9.94. The summed E-state index contributed by atoms with van der Waals surface area (Å²) >= 11 is 0. The smallest absolute Gasteiger partial charge is 0.306 e. The van der Waals surface area contributed by atoms with E-state index in [1.165, 1.54) is 32.1 Å². The third-order valence-electron chi connectivity index (χ3n) is 4.16. The first-order valence-electron chi connectivity index (χ1n) is 7.02. The Bertz CT molecular complexity index is 246. The second-order valence-electron chi connectivity index (χ2n) is 5.44. The van der Waals surface area contributed by atoms with Crippen LogP contribution in [0, 0.1) is 5.92 Å². The van der Waals surface area contributed by atoms with Crippen LogP contribution in [0.25, 0.3) is 0 Å². The van der Waals surface area contributed by atoms with E-state index in [4.69, 9.17) is 9.47 Å². The Morgan fingerprint density at radius 3 is 2.24 bits per heavy atom. The Balaban J connectivity index is 1.75. The molecule has 0 saturated heterocycles. The highest BCUT2D eigenvalue weighted by molar-refractivity contribution is 5.70. The van der Waals surface area contributed by atoms with E-state index >= 15 is 0 Å². The zero-order valence-electron chi connectivity index (χ0n) is 10.8. The van der Waals surface area contributed by atoms with E-state index < -0.39 is 0 Å². The molecule has 17 heavy (non-hydrogen) atoms. The van der Waals surface area contributed by atoms with E-state index in [9.17, 15) is 4.79 Å². The molecule has 2 unspecified atom stereocenters. The number of hydrogen-bond acceptors (Lipinski definition) is 3. The van der Waals surface area contributed by atoms with Crippen molar-refractivity contribution in [3.8, 4) is 0 Å². The maximum Gasteiger partial charge on any atom is 0.306 e. The second kappa shape index (κ2) is 6.39. The predicted octanol–water partition coefficient (Wildman–Crippen LogP) is 3.07. The van der Waals surface area contributed by atoms with Crippen LogP contribution < -0.4 is 0 Å². The Labute approximate surface area is 104 Å². The van der Waals surface area contributed by atoms with Crippen molar-refractivity contribution < 1.29 is 14.3 Å². The van der Waals surface area contributed by atoms with Gasteiger partial charge in [0.1, 0.15) is 6.10 Å². The third-order valence-corrected chi connectivity index (χ3v) is 4.16. The SMILES string of the molecule is COC1CCCCC1OC(=O)CC1CCCC1. The quantitative estimate of drug-likeness (QED) is 0.708. The van der Waals surface area contributed by atoms with Crippen molar-refractivity contribution in [3.63, 3.8) is 0 Å². The van der Waals surface area contributed by atoms with Gasteiger partial charge in [0, 0.05) is 13.5 Å². The molecule has 0 bridgehead atoms. The highest BCUT2D eigenvalue weighted by Gasteiger charge is 2.29. The van der Waals surface area contributed by atoms with E-state index in [2.05, 4.69) is 0 Å². The zero-order chi connectivity index (χ0) is 12.1. The largest absolute Gasteiger partial charge is 0.460 e. The fraction of sp³-hybridized carbons (Fsp3) is 0.929. The molecule has 0 aliphatic heterocycles. The van der Waals surface area contributed by atoms with Crippen molar-refractivity contribution in [2.75, 3.05) is 7.11 Å². The van der Waals surface area contributed by atoms with Gasteiger partial charge in [-0.05, 0) is 38.0 Å². The number of esters is 1. The minimum Gasteiger partial charge on any atom is -0.460 e. The summed E-state index contributed by atoms with van der Waals surface area (Å²) in [4.78, 5) is 11.9. The molecule has 3 nitrogen and oxygen atoms in total. The van der Waals surface area contributed by atoms with Crippen molar-refractivity contribution in [3.05, 3.63) is 0 Å². The van der Waals surface area contributed by atoms with Crippen LogP contribution in [0.15, 0.2) is 0 Å². The molecule has 0 aromatic rings. The average Bonchev–Trinajstić information content (AvgIpc) is 2.82. The molecule has 2 aliphatic rings. The molecule has 0 aromatic carbocycles. The molecule has 0 spiro atoms. The molecule has 98 valence electrons. The van der Waals surface area contributed by atoms with E-state index in [0.717, 1.165) is 19.3 Å². The highest BCUT2D eigenvalue weighted by atomic mass is 16.6. The van der Waals surface area contributed by atoms with Gasteiger partial charge in [-0.15, -0.1) is 0 Å². The van der Waals surface area contributed by atoms with Crippen molar-refractivity contribution >= 4 is 5.97 Å². The van der Waals surface area contributed by atoms with E-state index in [-0.39, 0.29) is 18.2 Å². The lowest BCUT2D eigenvalue weighted by molar-refractivity contribution is -0.160. The van der Waals surface area contributed by atoms with Gasteiger partial charge >= 0.3 is 5.97 Å². The van der Waals surface area contributed by atoms with Gasteiger partial charge in [-0.3, -0.25) is 4.79 Å². The molecule has 2 rings (SSSR count). The number of carbonyl (C=O) groups is 1. The number of ether oxygens (including phenoxy) is 2. The molecular formula is C14H24O3. The average molecular weight is 240 g/mol. The maximum atomic E-state index is 11.9. The van der Waals surface area contributed by atoms with Crippen LogP contribution in [0.2, 0.25) is 0 Å². The Morgan fingerprint density at radius 2 is 1.59 bits per heavy atom. The van der Waals surface area contributed by atoms with Crippen LogP contribution in [0.3, 0.4) is 0 Å². The van der Waals surface area contributed by atoms with Gasteiger partial charge in [0.05, 0.1) is 6.10 Å². The summed E-state index contributed by atoms with van der Waals surface area (Å²) in [5.74, 6) is 0.568. The lowest BCUT2D eigenvalue weighted by Gasteiger charge is -2.30. The molecule has 0 amide bonds. The molecule has 0 aromatic heterocycles. The fourth-order valence-electron chi connectivity index (χ4n) is 3.13. The minimum atomic E-state index is -0.00847. The van der Waals surface area contributed by atoms with Gasteiger partial charge < -0.3 is 9.47 Å². The van der Waals surface area contributed by atoms with Crippen LogP contribution in [-0.4, -0.2) is 25.3 Å². The maximum absolute atomic E-state index is 11.9. The number of hydrogen-bond donors (Lipinski definition) is 0. The zero-order valence-corrected chi connectivity index (χ0v) is 10.8. The molecule has 0 radical (unpaired) electrons. The van der Waals surface area contributed by atoms with E-state index in [0.29, 0.717) is 12.3 Å². The van der Waals surface area contributed by atoms with Crippen LogP contribution in [-0.2, 0) is 14.3 Å². The summed E-state index contributed by atoms with van der Waals surface area (Å²) in [5.41, 5.74) is 0. The summed E-state index contributed by atoms with van der Waals surface area (Å²) in [6, 6.07) is 0. The lowest BCUT2D eigenvalue weighted by Crippen LogP contribution is -2.35. The molecule has 0 heterocycles. The summed E-state index contributed by atoms with van der Waals surface area (Å²) in [6.45, 7) is 0. The molecule has 2 atom stereocenters. The van der Waals surface area contributed by atoms with Gasteiger partial charge in [0.15, 0.2) is 0 Å². The van der Waals surface area contributed by atoms with Crippen molar-refractivity contribution in [1.29, 1.82) is 0 Å². The van der Waals surface area contributed by atoms with Crippen LogP contribution in [0.5, 0.6) is 0 Å². The Morgan fingerprint density at radius 1 is 1.00 bits per heavy atom. The fourth-order valence-corrected chi connectivity index (χ4v) is 3.13. The topological polar surface area (TPSA) is 35.5 Å². The minimum absolute atomic E-state index is 0.00246. The Hall–Kier alpha value is -0.570. The highest BCUT2D eigenvalue weighted by Crippen LogP contribution is 2.29. The molecule has 0 N–H and O–H groups in total. The van der Waals surface area contributed by atoms with Crippen molar-refractivity contribution in [2.45, 2.75) is 70.0 Å². The van der Waals surface area contributed by atoms with Crippen LogP contribution >= 0.6 is 0 Å². The molecule has 2 aliphatic carbocycles. The molecule has 2 saturated carbocycles. The van der Waals surface area contributed by atoms with E-state index in [1.807, 2.05) is 0 Å². The van der Waals surface area contributed by atoms with Crippen LogP contribution in [0.4, 0.5) is 0 Å². The number of methoxy groups -OCH3 is 1. The van der Waals surface area contributed by atoms with Crippen LogP contribution in [0.1, 0.15) is 57.8 Å². The molecule has 2 fully saturated rings. The standard InChI is InChI=1S/C14H24O3/c1-16-12-8-4-5-9-13(12)17-14(15)10-11-6-2-3-7-11/h11-13H,2-10H2,1H3. The van der Waals surface area contributed by atoms with Gasteiger partial charge in [-0.1, -0.05) is 19.3 Å². The van der Waals surface area contributed by atoms with Crippen molar-refractivity contribution in [1.82, 2.24) is 0 Å². The first-order valence-corrected chi connectivity index (χ1v) is 7.02. The first kappa shape index (κ1) is 12.9. The Kier molecular flexibility index (Phi) is 4.84. The summed E-state index contributed by atoms with van der Waals surface area (Å²) < 4.78 is 11.0. The normalized spacial score (nSPS) is 30.4. The molecule has 3 heteroatoms. The third kappa shape index (κ3) is 3.70. The first-order chi connectivity index (χ1) is 8.29. The van der Waals surface area contributed by atoms with E-state index in [1.54, 1.807) is 7.11 Å². The predicted molar refractivity (Wildman–Crippen MR) is 65.7 cm³/mol. The van der Waals surface area contributed by atoms with Gasteiger partial charge in [0.2, 0.25) is 0 Å². The second-order valence-corrected chi connectivity index (χ2v) is 5.44. The summed E-state index contributed by atoms with van der Waals surface area (Å²) in [6.07, 6.45) is 10.0. The number of carbonyl (C=O) groups excluding carboxylic acids is 1. The van der Waals surface area contributed by atoms with Gasteiger partial charge in [-0.2, -0.15) is 0 Å². The molecular weight excluding hydrogens is 216 g/mol. The monoisotopic (exact) mass is 240 g/mol. The van der Waals surface area contributed by atoms with Gasteiger partial charge in [0.25, 0.3) is 0 Å².